The number of hydrogen-bond acceptors (Lipinski definition) is 4. The van der Waals surface area contributed by atoms with Crippen molar-refractivity contribution in [2.45, 2.75) is 20.0 Å². The van der Waals surface area contributed by atoms with E-state index in [4.69, 9.17) is 14.7 Å². The van der Waals surface area contributed by atoms with Crippen molar-refractivity contribution >= 4 is 22.4 Å². The molecule has 0 saturated carbocycles. The van der Waals surface area contributed by atoms with Crippen molar-refractivity contribution in [3.63, 3.8) is 0 Å². The monoisotopic (exact) mass is 332 g/mol. The largest absolute Gasteiger partial charge is 0.477 e. The zero-order valence-electron chi connectivity index (χ0n) is 13.9. The molecule has 5 nitrogen and oxygen atoms in total. The summed E-state index contributed by atoms with van der Waals surface area (Å²) in [5.41, 5.74) is 2.07. The number of rotatable bonds is 4. The van der Waals surface area contributed by atoms with Crippen LogP contribution in [0.15, 0.2) is 42.6 Å². The number of aromatic nitrogens is 1. The minimum absolute atomic E-state index is 0.0349. The van der Waals surface area contributed by atoms with Gasteiger partial charge in [-0.2, -0.15) is 5.26 Å². The Morgan fingerprint density at radius 2 is 2.04 bits per heavy atom. The van der Waals surface area contributed by atoms with Crippen LogP contribution >= 0.6 is 0 Å². The second-order valence-electron chi connectivity index (χ2n) is 5.40. The summed E-state index contributed by atoms with van der Waals surface area (Å²) < 4.78 is 12.7. The van der Waals surface area contributed by atoms with E-state index in [1.807, 2.05) is 34.7 Å². The number of fused-ring (bicyclic) bond motifs is 3. The second-order valence-corrected chi connectivity index (χ2v) is 5.40. The molecule has 1 aromatic carbocycles. The molecular formula is C20H16N2O3. The van der Waals surface area contributed by atoms with Crippen molar-refractivity contribution < 1.29 is 14.3 Å². The summed E-state index contributed by atoms with van der Waals surface area (Å²) in [7, 11) is 0. The summed E-state index contributed by atoms with van der Waals surface area (Å²) in [5.74, 6) is 5.70. The smallest absolute Gasteiger partial charge is 0.342 e. The van der Waals surface area contributed by atoms with Gasteiger partial charge in [0.25, 0.3) is 0 Å². The first-order valence-corrected chi connectivity index (χ1v) is 7.81. The summed E-state index contributed by atoms with van der Waals surface area (Å²) in [6.07, 6.45) is 1.28. The number of hydrogen-bond donors (Lipinski definition) is 0. The average Bonchev–Trinajstić information content (AvgIpc) is 2.94. The fourth-order valence-corrected chi connectivity index (χ4v) is 2.79. The normalized spacial score (nSPS) is 11.4. The molecule has 124 valence electrons. The topological polar surface area (TPSA) is 63.7 Å². The zero-order valence-corrected chi connectivity index (χ0v) is 13.9. The highest BCUT2D eigenvalue weighted by molar-refractivity contribution is 6.11. The molecule has 3 aromatic rings. The summed E-state index contributed by atoms with van der Waals surface area (Å²) in [6.45, 7) is 3.41. The van der Waals surface area contributed by atoms with E-state index in [2.05, 4.69) is 11.8 Å². The Labute approximate surface area is 145 Å². The Balaban J connectivity index is 2.14. The van der Waals surface area contributed by atoms with E-state index in [0.717, 1.165) is 10.9 Å². The second kappa shape index (κ2) is 6.98. The molecule has 2 heterocycles. The molecule has 0 fully saturated rings. The van der Waals surface area contributed by atoms with Gasteiger partial charge in [-0.15, -0.1) is 5.92 Å². The van der Waals surface area contributed by atoms with Crippen LogP contribution in [0.4, 0.5) is 0 Å². The Kier molecular flexibility index (Phi) is 4.59. The molecule has 2 aromatic heterocycles. The van der Waals surface area contributed by atoms with Gasteiger partial charge in [0.2, 0.25) is 0 Å². The molecule has 25 heavy (non-hydrogen) atoms. The number of esters is 1. The van der Waals surface area contributed by atoms with Crippen LogP contribution in [0.2, 0.25) is 0 Å². The number of carbonyl (C=O) groups excluding carboxylic acids is 1. The van der Waals surface area contributed by atoms with Crippen LogP contribution in [-0.4, -0.2) is 23.1 Å². The quantitative estimate of drug-likeness (QED) is 0.541. The van der Waals surface area contributed by atoms with E-state index in [0.29, 0.717) is 16.8 Å². The number of para-hydroxylation sites is 1. The van der Waals surface area contributed by atoms with Crippen molar-refractivity contribution in [3.8, 4) is 23.7 Å². The highest BCUT2D eigenvalue weighted by Gasteiger charge is 2.21. The van der Waals surface area contributed by atoms with E-state index in [1.165, 1.54) is 0 Å². The third kappa shape index (κ3) is 3.13. The Bertz CT molecular complexity index is 1050. The Hall–Kier alpha value is -3.44. The fraction of sp³-hybridized carbons (Fsp3) is 0.200. The lowest BCUT2D eigenvalue weighted by molar-refractivity contribution is 0.0443. The van der Waals surface area contributed by atoms with Crippen LogP contribution in [-0.2, 0) is 4.74 Å². The fourth-order valence-electron chi connectivity index (χ4n) is 2.79. The standard InChI is InChI=1S/C20H16N2O3/c1-3-6-14(2)25-20(23)19-16-7-4-5-8-17(16)22-13-15(24-12-11-21)9-10-18(19)22/h4-5,7-10,13-14H,12H2,1-2H3. The minimum atomic E-state index is -0.482. The molecule has 0 aliphatic heterocycles. The molecule has 0 bridgehead atoms. The lowest BCUT2D eigenvalue weighted by atomic mass is 10.1. The van der Waals surface area contributed by atoms with Gasteiger partial charge in [0, 0.05) is 5.39 Å². The lowest BCUT2D eigenvalue weighted by Gasteiger charge is -2.07. The molecular weight excluding hydrogens is 316 g/mol. The maximum Gasteiger partial charge on any atom is 0.342 e. The highest BCUT2D eigenvalue weighted by atomic mass is 16.5. The summed E-state index contributed by atoms with van der Waals surface area (Å²) in [6, 6.07) is 13.0. The first kappa shape index (κ1) is 16.4. The van der Waals surface area contributed by atoms with Gasteiger partial charge in [-0.1, -0.05) is 24.1 Å². The van der Waals surface area contributed by atoms with Gasteiger partial charge >= 0.3 is 5.97 Å². The molecule has 0 spiro atoms. The Morgan fingerprint density at radius 3 is 2.80 bits per heavy atom. The molecule has 0 radical (unpaired) electrons. The van der Waals surface area contributed by atoms with Crippen LogP contribution in [0.5, 0.6) is 5.75 Å². The van der Waals surface area contributed by atoms with Crippen molar-refractivity contribution in [2.24, 2.45) is 0 Å². The Morgan fingerprint density at radius 1 is 1.24 bits per heavy atom. The van der Waals surface area contributed by atoms with Gasteiger partial charge in [-0.05, 0) is 32.0 Å². The van der Waals surface area contributed by atoms with Crippen LogP contribution in [0.25, 0.3) is 16.4 Å². The molecule has 3 rings (SSSR count). The maximum absolute atomic E-state index is 12.7. The van der Waals surface area contributed by atoms with E-state index in [1.54, 1.807) is 32.2 Å². The molecule has 0 aliphatic carbocycles. The van der Waals surface area contributed by atoms with E-state index < -0.39 is 12.1 Å². The van der Waals surface area contributed by atoms with Crippen LogP contribution in [0.3, 0.4) is 0 Å². The highest BCUT2D eigenvalue weighted by Crippen LogP contribution is 2.29. The molecule has 0 amide bonds. The zero-order chi connectivity index (χ0) is 17.8. The third-order valence-corrected chi connectivity index (χ3v) is 3.75. The van der Waals surface area contributed by atoms with Crippen molar-refractivity contribution in [1.29, 1.82) is 5.26 Å². The van der Waals surface area contributed by atoms with Gasteiger partial charge in [-0.25, -0.2) is 4.79 Å². The number of carbonyl (C=O) groups is 1. The molecule has 0 N–H and O–H groups in total. The SMILES string of the molecule is CC#CC(C)OC(=O)c1c2ccccc2n2cc(OCC#N)ccc12. The van der Waals surface area contributed by atoms with Crippen LogP contribution in [0, 0.1) is 23.2 Å². The van der Waals surface area contributed by atoms with E-state index in [-0.39, 0.29) is 6.61 Å². The number of ether oxygens (including phenoxy) is 2. The lowest BCUT2D eigenvalue weighted by Crippen LogP contribution is -2.13. The summed E-state index contributed by atoms with van der Waals surface area (Å²) >= 11 is 0. The minimum Gasteiger partial charge on any atom is -0.477 e. The van der Waals surface area contributed by atoms with Gasteiger partial charge < -0.3 is 13.9 Å². The molecule has 0 aliphatic rings. The van der Waals surface area contributed by atoms with Crippen LogP contribution < -0.4 is 4.74 Å². The van der Waals surface area contributed by atoms with E-state index in [9.17, 15) is 4.79 Å². The number of pyridine rings is 1. The number of nitriles is 1. The predicted octanol–water partition coefficient (Wildman–Crippen LogP) is 3.56. The predicted molar refractivity (Wildman–Crippen MR) is 94.3 cm³/mol. The number of benzene rings is 1. The van der Waals surface area contributed by atoms with Crippen LogP contribution in [0.1, 0.15) is 24.2 Å². The maximum atomic E-state index is 12.7. The third-order valence-electron chi connectivity index (χ3n) is 3.75. The molecule has 0 saturated heterocycles. The summed E-state index contributed by atoms with van der Waals surface area (Å²) in [5, 5.41) is 9.46. The van der Waals surface area contributed by atoms with Crippen molar-refractivity contribution in [2.75, 3.05) is 6.61 Å². The van der Waals surface area contributed by atoms with Gasteiger partial charge in [0.05, 0.1) is 22.8 Å². The van der Waals surface area contributed by atoms with Gasteiger partial charge in [0.15, 0.2) is 12.7 Å². The summed E-state index contributed by atoms with van der Waals surface area (Å²) in [4.78, 5) is 12.7. The van der Waals surface area contributed by atoms with Gasteiger partial charge in [0.1, 0.15) is 11.8 Å². The average molecular weight is 332 g/mol. The molecule has 1 unspecified atom stereocenters. The first-order chi connectivity index (χ1) is 12.2. The van der Waals surface area contributed by atoms with Crippen molar-refractivity contribution in [1.82, 2.24) is 4.40 Å². The molecule has 5 heteroatoms. The molecule has 1 atom stereocenters. The van der Waals surface area contributed by atoms with Gasteiger partial charge in [-0.3, -0.25) is 0 Å². The number of nitrogens with zero attached hydrogens (tertiary/aromatic N) is 2. The van der Waals surface area contributed by atoms with E-state index >= 15 is 0 Å². The van der Waals surface area contributed by atoms with Crippen molar-refractivity contribution in [3.05, 3.63) is 48.2 Å². The first-order valence-electron chi connectivity index (χ1n) is 7.81.